The number of nitrogens with zero attached hydrogens (tertiary/aromatic N) is 3. The number of ether oxygens (including phenoxy) is 2. The summed E-state index contributed by atoms with van der Waals surface area (Å²) in [5, 5.41) is 0. The highest BCUT2D eigenvalue weighted by molar-refractivity contribution is 5.58. The van der Waals surface area contributed by atoms with Gasteiger partial charge in [-0.1, -0.05) is 6.58 Å². The summed E-state index contributed by atoms with van der Waals surface area (Å²) in [4.78, 5) is 10.6. The maximum atomic E-state index is 5.45. The zero-order chi connectivity index (χ0) is 11.5. The fourth-order valence-corrected chi connectivity index (χ4v) is 1.51. The third-order valence-electron chi connectivity index (χ3n) is 2.35. The molecule has 0 saturated carbocycles. The Labute approximate surface area is 94.7 Å². The molecule has 0 fully saturated rings. The van der Waals surface area contributed by atoms with Crippen LogP contribution in [-0.4, -0.2) is 36.8 Å². The van der Waals surface area contributed by atoms with Crippen molar-refractivity contribution in [1.82, 2.24) is 9.97 Å². The maximum Gasteiger partial charge on any atom is 0.196 e. The Morgan fingerprint density at radius 1 is 1.69 bits per heavy atom. The van der Waals surface area contributed by atoms with Gasteiger partial charge in [0.15, 0.2) is 23.2 Å². The second kappa shape index (κ2) is 4.38. The Hall–Kier alpha value is -1.78. The first-order valence-corrected chi connectivity index (χ1v) is 5.25. The summed E-state index contributed by atoms with van der Waals surface area (Å²) >= 11 is 0. The average molecular weight is 221 g/mol. The normalized spacial score (nSPS) is 14.0. The van der Waals surface area contributed by atoms with Crippen LogP contribution < -0.4 is 9.64 Å². The Kier molecular flexibility index (Phi) is 2.94. The zero-order valence-corrected chi connectivity index (χ0v) is 9.56. The molecule has 0 amide bonds. The number of likely N-dealkylation sites (N-methyl/N-ethyl adjacent to an activating group) is 1. The average Bonchev–Trinajstić information content (AvgIpc) is 2.29. The van der Waals surface area contributed by atoms with Gasteiger partial charge in [0, 0.05) is 7.05 Å². The van der Waals surface area contributed by atoms with Crippen LogP contribution in [-0.2, 0) is 4.74 Å². The molecule has 86 valence electrons. The van der Waals surface area contributed by atoms with E-state index in [0.717, 1.165) is 12.4 Å². The van der Waals surface area contributed by atoms with E-state index in [1.807, 2.05) is 18.9 Å². The number of rotatable bonds is 3. The van der Waals surface area contributed by atoms with E-state index in [9.17, 15) is 0 Å². The molecule has 0 aliphatic carbocycles. The standard InChI is InChI=1S/C11H15N3O2/c1-4-15-8(2)10-12-7-9-11(13-10)14(3)5-6-16-9/h7H,2,4-6H2,1,3H3. The zero-order valence-electron chi connectivity index (χ0n) is 9.56. The van der Waals surface area contributed by atoms with Crippen LogP contribution in [0.3, 0.4) is 0 Å². The maximum absolute atomic E-state index is 5.45. The fourth-order valence-electron chi connectivity index (χ4n) is 1.51. The molecule has 16 heavy (non-hydrogen) atoms. The molecular formula is C11H15N3O2. The summed E-state index contributed by atoms with van der Waals surface area (Å²) < 4.78 is 10.7. The molecule has 5 heteroatoms. The topological polar surface area (TPSA) is 47.5 Å². The van der Waals surface area contributed by atoms with Gasteiger partial charge in [0.2, 0.25) is 0 Å². The van der Waals surface area contributed by atoms with Gasteiger partial charge in [0.25, 0.3) is 0 Å². The minimum absolute atomic E-state index is 0.490. The van der Waals surface area contributed by atoms with Gasteiger partial charge in [-0.05, 0) is 6.92 Å². The van der Waals surface area contributed by atoms with Crippen molar-refractivity contribution in [1.29, 1.82) is 0 Å². The lowest BCUT2D eigenvalue weighted by Crippen LogP contribution is -2.30. The molecule has 1 aliphatic heterocycles. The smallest absolute Gasteiger partial charge is 0.196 e. The highest BCUT2D eigenvalue weighted by Gasteiger charge is 2.18. The first-order chi connectivity index (χ1) is 7.72. The summed E-state index contributed by atoms with van der Waals surface area (Å²) in [6.45, 7) is 7.73. The molecule has 0 unspecified atom stereocenters. The van der Waals surface area contributed by atoms with Gasteiger partial charge in [-0.25, -0.2) is 9.97 Å². The van der Waals surface area contributed by atoms with Gasteiger partial charge in [-0.3, -0.25) is 0 Å². The highest BCUT2D eigenvalue weighted by atomic mass is 16.5. The summed E-state index contributed by atoms with van der Waals surface area (Å²) in [5.41, 5.74) is 0. The lowest BCUT2D eigenvalue weighted by atomic mass is 10.4. The van der Waals surface area contributed by atoms with Crippen molar-refractivity contribution in [2.45, 2.75) is 6.92 Å². The second-order valence-corrected chi connectivity index (χ2v) is 3.51. The van der Waals surface area contributed by atoms with Gasteiger partial charge in [-0.15, -0.1) is 0 Å². The predicted octanol–water partition coefficient (Wildman–Crippen LogP) is 1.31. The number of aromatic nitrogens is 2. The summed E-state index contributed by atoms with van der Waals surface area (Å²) in [5.74, 6) is 2.50. The molecule has 1 aromatic rings. The SMILES string of the molecule is C=C(OCC)c1ncc2c(n1)N(C)CCO2. The van der Waals surface area contributed by atoms with Gasteiger partial charge in [-0.2, -0.15) is 0 Å². The number of hydrogen-bond acceptors (Lipinski definition) is 5. The van der Waals surface area contributed by atoms with E-state index in [2.05, 4.69) is 16.5 Å². The molecule has 0 bridgehead atoms. The first kappa shape index (κ1) is 10.7. The third-order valence-corrected chi connectivity index (χ3v) is 2.35. The van der Waals surface area contributed by atoms with E-state index in [1.54, 1.807) is 6.20 Å². The van der Waals surface area contributed by atoms with Crippen LogP contribution in [0.4, 0.5) is 5.82 Å². The molecule has 0 N–H and O–H groups in total. The van der Waals surface area contributed by atoms with Crippen LogP contribution in [0.25, 0.3) is 5.76 Å². The minimum Gasteiger partial charge on any atom is -0.491 e. The molecule has 0 saturated heterocycles. The van der Waals surface area contributed by atoms with Crippen molar-refractivity contribution < 1.29 is 9.47 Å². The van der Waals surface area contributed by atoms with Gasteiger partial charge in [0.1, 0.15) is 6.61 Å². The lowest BCUT2D eigenvalue weighted by Gasteiger charge is -2.26. The Morgan fingerprint density at radius 3 is 3.25 bits per heavy atom. The summed E-state index contributed by atoms with van der Waals surface area (Å²) in [7, 11) is 1.97. The van der Waals surface area contributed by atoms with Crippen LogP contribution in [0.15, 0.2) is 12.8 Å². The first-order valence-electron chi connectivity index (χ1n) is 5.25. The van der Waals surface area contributed by atoms with Gasteiger partial charge < -0.3 is 14.4 Å². The molecule has 5 nitrogen and oxygen atoms in total. The van der Waals surface area contributed by atoms with E-state index in [0.29, 0.717) is 30.5 Å². The number of anilines is 1. The quantitative estimate of drug-likeness (QED) is 0.720. The molecule has 2 heterocycles. The molecule has 0 atom stereocenters. The monoisotopic (exact) mass is 221 g/mol. The molecule has 0 aromatic carbocycles. The van der Waals surface area contributed by atoms with Crippen molar-refractivity contribution in [2.75, 3.05) is 31.7 Å². The minimum atomic E-state index is 0.490. The van der Waals surface area contributed by atoms with Crippen molar-refractivity contribution in [3.8, 4) is 5.75 Å². The second-order valence-electron chi connectivity index (χ2n) is 3.51. The van der Waals surface area contributed by atoms with Crippen LogP contribution >= 0.6 is 0 Å². The molecule has 1 aromatic heterocycles. The predicted molar refractivity (Wildman–Crippen MR) is 61.5 cm³/mol. The molecular weight excluding hydrogens is 206 g/mol. The molecule has 0 spiro atoms. The molecule has 0 radical (unpaired) electrons. The highest BCUT2D eigenvalue weighted by Crippen LogP contribution is 2.28. The third kappa shape index (κ3) is 1.93. The van der Waals surface area contributed by atoms with Gasteiger partial charge in [0.05, 0.1) is 19.3 Å². The van der Waals surface area contributed by atoms with Crippen LogP contribution in [0.1, 0.15) is 12.7 Å². The van der Waals surface area contributed by atoms with E-state index in [4.69, 9.17) is 9.47 Å². The van der Waals surface area contributed by atoms with Crippen LogP contribution in [0, 0.1) is 0 Å². The molecule has 1 aliphatic rings. The Balaban J connectivity index is 2.30. The molecule has 2 rings (SSSR count). The Bertz CT molecular complexity index is 406. The van der Waals surface area contributed by atoms with E-state index < -0.39 is 0 Å². The van der Waals surface area contributed by atoms with Crippen molar-refractivity contribution in [3.05, 3.63) is 18.6 Å². The van der Waals surface area contributed by atoms with E-state index in [-0.39, 0.29) is 0 Å². The summed E-state index contributed by atoms with van der Waals surface area (Å²) in [6, 6.07) is 0. The number of fused-ring (bicyclic) bond motifs is 1. The van der Waals surface area contributed by atoms with Crippen molar-refractivity contribution >= 4 is 11.6 Å². The Morgan fingerprint density at radius 2 is 2.50 bits per heavy atom. The van der Waals surface area contributed by atoms with E-state index >= 15 is 0 Å². The van der Waals surface area contributed by atoms with Crippen LogP contribution in [0.2, 0.25) is 0 Å². The van der Waals surface area contributed by atoms with Gasteiger partial charge >= 0.3 is 0 Å². The summed E-state index contributed by atoms with van der Waals surface area (Å²) in [6.07, 6.45) is 1.66. The van der Waals surface area contributed by atoms with Crippen molar-refractivity contribution in [2.24, 2.45) is 0 Å². The fraction of sp³-hybridized carbons (Fsp3) is 0.455. The van der Waals surface area contributed by atoms with Crippen molar-refractivity contribution in [3.63, 3.8) is 0 Å². The van der Waals surface area contributed by atoms with Crippen LogP contribution in [0.5, 0.6) is 5.75 Å². The largest absolute Gasteiger partial charge is 0.491 e. The lowest BCUT2D eigenvalue weighted by molar-refractivity contribution is 0.293. The number of hydrogen-bond donors (Lipinski definition) is 0. The van der Waals surface area contributed by atoms with E-state index in [1.165, 1.54) is 0 Å².